The number of rotatable bonds is 9. The number of unbranched alkanes of at least 4 members (excludes halogenated alkanes) is 2. The van der Waals surface area contributed by atoms with Crippen LogP contribution in [0.4, 0.5) is 0 Å². The minimum Gasteiger partial charge on any atom is -0.497 e. The van der Waals surface area contributed by atoms with Gasteiger partial charge in [-0.2, -0.15) is 0 Å². The van der Waals surface area contributed by atoms with Gasteiger partial charge in [-0.3, -0.25) is 4.79 Å². The lowest BCUT2D eigenvalue weighted by Gasteiger charge is -2.05. The van der Waals surface area contributed by atoms with Gasteiger partial charge in [-0.1, -0.05) is 28.4 Å². The smallest absolute Gasteiger partial charge is 0.155 e. The topological polar surface area (TPSA) is 35.5 Å². The Bertz CT molecular complexity index is 433. The van der Waals surface area contributed by atoms with Crippen molar-refractivity contribution in [1.29, 1.82) is 0 Å². The number of hydrogen-bond acceptors (Lipinski definition) is 3. The molecule has 3 nitrogen and oxygen atoms in total. The molecule has 20 heavy (non-hydrogen) atoms. The maximum absolute atomic E-state index is 11.7. The lowest BCUT2D eigenvalue weighted by molar-refractivity contribution is -0.114. The minimum atomic E-state index is 0.154. The quantitative estimate of drug-likeness (QED) is 0.383. The summed E-state index contributed by atoms with van der Waals surface area (Å²) in [5, 5.41) is 1.00. The first-order valence-electron chi connectivity index (χ1n) is 6.69. The summed E-state index contributed by atoms with van der Waals surface area (Å²) in [5.41, 5.74) is 0.898. The SMILES string of the molecule is COc1cc(C=CC(=O)CCCCCBr)cc(OC)c1. The van der Waals surface area contributed by atoms with Crippen LogP contribution in [-0.2, 0) is 4.79 Å². The Balaban J connectivity index is 2.58. The van der Waals surface area contributed by atoms with Crippen LogP contribution in [0.25, 0.3) is 6.08 Å². The van der Waals surface area contributed by atoms with E-state index in [9.17, 15) is 4.79 Å². The van der Waals surface area contributed by atoms with Gasteiger partial charge in [0.1, 0.15) is 11.5 Å². The van der Waals surface area contributed by atoms with Crippen LogP contribution >= 0.6 is 15.9 Å². The van der Waals surface area contributed by atoms with Gasteiger partial charge in [0, 0.05) is 17.8 Å². The number of benzene rings is 1. The summed E-state index contributed by atoms with van der Waals surface area (Å²) in [6.07, 6.45) is 7.17. The number of ketones is 1. The third-order valence-corrected chi connectivity index (χ3v) is 3.45. The maximum Gasteiger partial charge on any atom is 0.155 e. The minimum absolute atomic E-state index is 0.154. The van der Waals surface area contributed by atoms with Gasteiger partial charge in [0.25, 0.3) is 0 Å². The molecule has 0 aliphatic carbocycles. The highest BCUT2D eigenvalue weighted by atomic mass is 79.9. The molecule has 0 spiro atoms. The standard InChI is InChI=1S/C16H21BrO3/c1-19-15-10-13(11-16(12-15)20-2)7-8-14(18)6-4-3-5-9-17/h7-8,10-12H,3-6,9H2,1-2H3. The zero-order chi connectivity index (χ0) is 14.8. The van der Waals surface area contributed by atoms with Crippen LogP contribution in [0.15, 0.2) is 24.3 Å². The van der Waals surface area contributed by atoms with E-state index in [-0.39, 0.29) is 5.78 Å². The van der Waals surface area contributed by atoms with Gasteiger partial charge in [-0.25, -0.2) is 0 Å². The number of carbonyl (C=O) groups is 1. The molecule has 0 saturated carbocycles. The van der Waals surface area contributed by atoms with E-state index < -0.39 is 0 Å². The molecule has 0 N–H and O–H groups in total. The maximum atomic E-state index is 11.7. The lowest BCUT2D eigenvalue weighted by Crippen LogP contribution is -1.93. The average Bonchev–Trinajstić information content (AvgIpc) is 2.49. The molecule has 0 unspecified atom stereocenters. The van der Waals surface area contributed by atoms with Crippen LogP contribution in [0.1, 0.15) is 31.2 Å². The van der Waals surface area contributed by atoms with Crippen molar-refractivity contribution >= 4 is 27.8 Å². The Morgan fingerprint density at radius 2 is 1.75 bits per heavy atom. The van der Waals surface area contributed by atoms with Gasteiger partial charge < -0.3 is 9.47 Å². The van der Waals surface area contributed by atoms with Crippen LogP contribution < -0.4 is 9.47 Å². The third-order valence-electron chi connectivity index (χ3n) is 2.89. The number of allylic oxidation sites excluding steroid dienone is 1. The Hall–Kier alpha value is -1.29. The molecule has 1 aromatic rings. The molecule has 0 aliphatic heterocycles. The van der Waals surface area contributed by atoms with Crippen LogP contribution in [0, 0.1) is 0 Å². The highest BCUT2D eigenvalue weighted by Gasteiger charge is 2.01. The Morgan fingerprint density at radius 1 is 1.10 bits per heavy atom. The van der Waals surface area contributed by atoms with E-state index in [4.69, 9.17) is 9.47 Å². The Kier molecular flexibility index (Phi) is 8.04. The van der Waals surface area contributed by atoms with Gasteiger partial charge in [-0.15, -0.1) is 0 Å². The van der Waals surface area contributed by atoms with Crippen LogP contribution in [0.3, 0.4) is 0 Å². The molecule has 0 amide bonds. The van der Waals surface area contributed by atoms with E-state index in [1.165, 1.54) is 0 Å². The van der Waals surface area contributed by atoms with E-state index in [2.05, 4.69) is 15.9 Å². The molecule has 0 atom stereocenters. The summed E-state index contributed by atoms with van der Waals surface area (Å²) in [5.74, 6) is 1.59. The highest BCUT2D eigenvalue weighted by molar-refractivity contribution is 9.09. The van der Waals surface area contributed by atoms with Crippen molar-refractivity contribution < 1.29 is 14.3 Å². The average molecular weight is 341 g/mol. The second-order valence-corrected chi connectivity index (χ2v) is 5.24. The van der Waals surface area contributed by atoms with Crippen LogP contribution in [0.2, 0.25) is 0 Å². The molecule has 1 rings (SSSR count). The lowest BCUT2D eigenvalue weighted by atomic mass is 10.1. The number of alkyl halides is 1. The largest absolute Gasteiger partial charge is 0.497 e. The van der Waals surface area contributed by atoms with Crippen molar-refractivity contribution in [3.8, 4) is 11.5 Å². The van der Waals surface area contributed by atoms with Crippen molar-refractivity contribution in [3.05, 3.63) is 29.8 Å². The van der Waals surface area contributed by atoms with Gasteiger partial charge in [-0.05, 0) is 36.6 Å². The molecule has 0 fully saturated rings. The number of ether oxygens (including phenoxy) is 2. The summed E-state index contributed by atoms with van der Waals surface area (Å²) in [6.45, 7) is 0. The molecule has 0 saturated heterocycles. The molecule has 0 aromatic heterocycles. The number of hydrogen-bond donors (Lipinski definition) is 0. The van der Waals surface area contributed by atoms with Gasteiger partial charge >= 0.3 is 0 Å². The first-order valence-corrected chi connectivity index (χ1v) is 7.81. The normalized spacial score (nSPS) is 10.8. The molecule has 0 bridgehead atoms. The molecule has 110 valence electrons. The van der Waals surface area contributed by atoms with Crippen molar-refractivity contribution in [2.75, 3.05) is 19.5 Å². The fourth-order valence-corrected chi connectivity index (χ4v) is 2.17. The zero-order valence-corrected chi connectivity index (χ0v) is 13.6. The monoisotopic (exact) mass is 340 g/mol. The summed E-state index contributed by atoms with van der Waals surface area (Å²) < 4.78 is 10.4. The predicted octanol–water partition coefficient (Wildman–Crippen LogP) is 4.24. The summed E-state index contributed by atoms with van der Waals surface area (Å²) in [6, 6.07) is 5.55. The summed E-state index contributed by atoms with van der Waals surface area (Å²) in [4.78, 5) is 11.7. The molecule has 1 aromatic carbocycles. The molecule has 0 aliphatic rings. The van der Waals surface area contributed by atoms with Crippen molar-refractivity contribution in [1.82, 2.24) is 0 Å². The van der Waals surface area contributed by atoms with Crippen LogP contribution in [-0.4, -0.2) is 25.3 Å². The van der Waals surface area contributed by atoms with Crippen molar-refractivity contribution in [2.24, 2.45) is 0 Å². The summed E-state index contributed by atoms with van der Waals surface area (Å²) >= 11 is 3.38. The number of carbonyl (C=O) groups excluding carboxylic acids is 1. The zero-order valence-electron chi connectivity index (χ0n) is 12.0. The molecule has 0 heterocycles. The van der Waals surface area contributed by atoms with E-state index in [0.29, 0.717) is 17.9 Å². The molecule has 0 radical (unpaired) electrons. The molecular formula is C16H21BrO3. The van der Waals surface area contributed by atoms with Crippen molar-refractivity contribution in [3.63, 3.8) is 0 Å². The first-order chi connectivity index (χ1) is 9.69. The Labute approximate surface area is 129 Å². The third kappa shape index (κ3) is 6.24. The number of halogens is 1. The van der Waals surface area contributed by atoms with Gasteiger partial charge in [0.15, 0.2) is 5.78 Å². The fraction of sp³-hybridized carbons (Fsp3) is 0.438. The van der Waals surface area contributed by atoms with Gasteiger partial charge in [0.05, 0.1) is 14.2 Å². The molecule has 4 heteroatoms. The van der Waals surface area contributed by atoms with Crippen molar-refractivity contribution in [2.45, 2.75) is 25.7 Å². The first kappa shape index (κ1) is 16.8. The summed E-state index contributed by atoms with van der Waals surface area (Å²) in [7, 11) is 3.22. The fourth-order valence-electron chi connectivity index (χ4n) is 1.77. The van der Waals surface area contributed by atoms with E-state index in [1.54, 1.807) is 32.4 Å². The number of methoxy groups -OCH3 is 2. The Morgan fingerprint density at radius 3 is 2.30 bits per heavy atom. The second-order valence-electron chi connectivity index (χ2n) is 4.45. The molecular weight excluding hydrogens is 320 g/mol. The van der Waals surface area contributed by atoms with Crippen LogP contribution in [0.5, 0.6) is 11.5 Å². The van der Waals surface area contributed by atoms with E-state index in [0.717, 1.165) is 30.2 Å². The highest BCUT2D eigenvalue weighted by Crippen LogP contribution is 2.23. The van der Waals surface area contributed by atoms with E-state index >= 15 is 0 Å². The second kappa shape index (κ2) is 9.59. The van der Waals surface area contributed by atoms with Gasteiger partial charge in [0.2, 0.25) is 0 Å². The van der Waals surface area contributed by atoms with E-state index in [1.807, 2.05) is 12.1 Å². The predicted molar refractivity (Wildman–Crippen MR) is 85.8 cm³/mol.